The zero-order valence-electron chi connectivity index (χ0n) is 6.76. The monoisotopic (exact) mass is 186 g/mol. The van der Waals surface area contributed by atoms with Gasteiger partial charge in [0.05, 0.1) is 0 Å². The maximum Gasteiger partial charge on any atom is 0.165 e. The van der Waals surface area contributed by atoms with Gasteiger partial charge in [-0.3, -0.25) is 0 Å². The summed E-state index contributed by atoms with van der Waals surface area (Å²) in [6, 6.07) is 1.60. The first kappa shape index (κ1) is 9.64. The van der Waals surface area contributed by atoms with E-state index in [0.717, 1.165) is 6.07 Å². The molecule has 0 unspecified atom stereocenters. The number of carbonyl (C=O) groups is 1. The molecule has 0 heterocycles. The minimum atomic E-state index is -0.873. The highest BCUT2D eigenvalue weighted by molar-refractivity contribution is 5.50. The molecule has 0 atom stereocenters. The number of aromatic hydroxyl groups is 1. The Morgan fingerprint density at radius 3 is 2.62 bits per heavy atom. The number of phenolic OH excluding ortho intramolecular Hbond substituents is 1. The lowest BCUT2D eigenvalue weighted by atomic mass is 10.1. The zero-order chi connectivity index (χ0) is 9.84. The van der Waals surface area contributed by atoms with Crippen LogP contribution < -0.4 is 0 Å². The third kappa shape index (κ3) is 2.24. The Balaban J connectivity index is 2.94. The first-order chi connectivity index (χ1) is 6.15. The topological polar surface area (TPSA) is 37.3 Å². The molecular weight excluding hydrogens is 178 g/mol. The number of rotatable bonds is 3. The predicted molar refractivity (Wildman–Crippen MR) is 42.4 cm³/mol. The van der Waals surface area contributed by atoms with E-state index in [0.29, 0.717) is 12.4 Å². The summed E-state index contributed by atoms with van der Waals surface area (Å²) in [5.74, 6) is -2.28. The minimum Gasteiger partial charge on any atom is -0.505 e. The molecule has 0 fully saturated rings. The second-order valence-corrected chi connectivity index (χ2v) is 2.60. The lowest BCUT2D eigenvalue weighted by Crippen LogP contribution is -1.93. The first-order valence-corrected chi connectivity index (χ1v) is 3.75. The highest BCUT2D eigenvalue weighted by Gasteiger charge is 2.08. The van der Waals surface area contributed by atoms with Crippen LogP contribution in [0.2, 0.25) is 0 Å². The maximum atomic E-state index is 12.9. The molecule has 0 saturated carbocycles. The Bertz CT molecular complexity index is 324. The second-order valence-electron chi connectivity index (χ2n) is 2.60. The van der Waals surface area contributed by atoms with Crippen molar-refractivity contribution in [2.24, 2.45) is 0 Å². The summed E-state index contributed by atoms with van der Waals surface area (Å²) in [5, 5.41) is 8.77. The smallest absolute Gasteiger partial charge is 0.165 e. The van der Waals surface area contributed by atoms with Gasteiger partial charge in [-0.05, 0) is 18.1 Å². The zero-order valence-corrected chi connectivity index (χ0v) is 6.76. The lowest BCUT2D eigenvalue weighted by molar-refractivity contribution is -0.107. The van der Waals surface area contributed by atoms with E-state index in [1.165, 1.54) is 0 Å². The van der Waals surface area contributed by atoms with Gasteiger partial charge in [0.15, 0.2) is 11.6 Å². The van der Waals surface area contributed by atoms with Gasteiger partial charge in [-0.15, -0.1) is 0 Å². The highest BCUT2D eigenvalue weighted by Crippen LogP contribution is 2.20. The maximum absolute atomic E-state index is 12.9. The van der Waals surface area contributed by atoms with E-state index in [-0.39, 0.29) is 18.4 Å². The number of phenols is 1. The van der Waals surface area contributed by atoms with Crippen molar-refractivity contribution in [3.63, 3.8) is 0 Å². The van der Waals surface area contributed by atoms with Crippen LogP contribution in [0.1, 0.15) is 12.0 Å². The van der Waals surface area contributed by atoms with E-state index < -0.39 is 17.4 Å². The van der Waals surface area contributed by atoms with E-state index >= 15 is 0 Å². The molecule has 0 saturated heterocycles. The second kappa shape index (κ2) is 3.98. The fraction of sp³-hybridized carbons (Fsp3) is 0.222. The van der Waals surface area contributed by atoms with Crippen molar-refractivity contribution in [2.45, 2.75) is 12.8 Å². The summed E-state index contributed by atoms with van der Waals surface area (Å²) >= 11 is 0. The molecule has 0 aliphatic carbocycles. The molecule has 0 bridgehead atoms. The Morgan fingerprint density at radius 2 is 2.00 bits per heavy atom. The van der Waals surface area contributed by atoms with Crippen molar-refractivity contribution >= 4 is 6.29 Å². The molecule has 70 valence electrons. The van der Waals surface area contributed by atoms with Crippen LogP contribution in [-0.2, 0) is 11.2 Å². The summed E-state index contributed by atoms with van der Waals surface area (Å²) in [4.78, 5) is 9.98. The van der Waals surface area contributed by atoms with Gasteiger partial charge in [0, 0.05) is 12.5 Å². The third-order valence-corrected chi connectivity index (χ3v) is 1.65. The molecular formula is C9H8F2O2. The Morgan fingerprint density at radius 1 is 1.31 bits per heavy atom. The van der Waals surface area contributed by atoms with Crippen LogP contribution in [0.4, 0.5) is 8.78 Å². The molecule has 1 rings (SSSR count). The quantitative estimate of drug-likeness (QED) is 0.731. The third-order valence-electron chi connectivity index (χ3n) is 1.65. The summed E-state index contributed by atoms with van der Waals surface area (Å²) in [6.07, 6.45) is 0.915. The number of aldehydes is 1. The van der Waals surface area contributed by atoms with Gasteiger partial charge in [0.1, 0.15) is 12.1 Å². The molecule has 0 aliphatic rings. The average molecular weight is 186 g/mol. The lowest BCUT2D eigenvalue weighted by Gasteiger charge is -2.01. The van der Waals surface area contributed by atoms with Crippen LogP contribution in [0.25, 0.3) is 0 Å². The van der Waals surface area contributed by atoms with Crippen molar-refractivity contribution in [1.29, 1.82) is 0 Å². The van der Waals surface area contributed by atoms with Gasteiger partial charge in [-0.1, -0.05) is 0 Å². The molecule has 4 heteroatoms. The number of aryl methyl sites for hydroxylation is 1. The fourth-order valence-electron chi connectivity index (χ4n) is 0.984. The van der Waals surface area contributed by atoms with Gasteiger partial charge < -0.3 is 9.90 Å². The number of carbonyl (C=O) groups excluding carboxylic acids is 1. The summed E-state index contributed by atoms with van der Waals surface area (Å²) < 4.78 is 25.6. The average Bonchev–Trinajstić information content (AvgIpc) is 2.09. The van der Waals surface area contributed by atoms with Gasteiger partial charge in [-0.2, -0.15) is 0 Å². The van der Waals surface area contributed by atoms with Crippen molar-refractivity contribution in [3.05, 3.63) is 29.3 Å². The first-order valence-electron chi connectivity index (χ1n) is 3.75. The van der Waals surface area contributed by atoms with Crippen LogP contribution >= 0.6 is 0 Å². The molecule has 0 aliphatic heterocycles. The van der Waals surface area contributed by atoms with Gasteiger partial charge in [-0.25, -0.2) is 8.78 Å². The van der Waals surface area contributed by atoms with E-state index in [4.69, 9.17) is 5.11 Å². The van der Waals surface area contributed by atoms with Crippen molar-refractivity contribution in [3.8, 4) is 5.75 Å². The summed E-state index contributed by atoms with van der Waals surface area (Å²) in [6.45, 7) is 0. The molecule has 1 aromatic carbocycles. The molecule has 0 spiro atoms. The molecule has 0 amide bonds. The Hall–Kier alpha value is -1.45. The van der Waals surface area contributed by atoms with Gasteiger partial charge in [0.25, 0.3) is 0 Å². The van der Waals surface area contributed by atoms with Crippen LogP contribution in [0.5, 0.6) is 5.75 Å². The minimum absolute atomic E-state index is 0.0994. The normalized spacial score (nSPS) is 10.0. The Labute approximate surface area is 73.8 Å². The summed E-state index contributed by atoms with van der Waals surface area (Å²) in [5.41, 5.74) is 0.0994. The van der Waals surface area contributed by atoms with E-state index in [1.807, 2.05) is 0 Å². The van der Waals surface area contributed by atoms with E-state index in [2.05, 4.69) is 0 Å². The molecule has 13 heavy (non-hydrogen) atoms. The molecule has 1 N–H and O–H groups in total. The SMILES string of the molecule is O=CCCc1cc(F)c(O)cc1F. The molecule has 0 radical (unpaired) electrons. The van der Waals surface area contributed by atoms with Crippen molar-refractivity contribution in [1.82, 2.24) is 0 Å². The van der Waals surface area contributed by atoms with E-state index in [1.54, 1.807) is 0 Å². The predicted octanol–water partition coefficient (Wildman–Crippen LogP) is 1.80. The number of hydrogen-bond acceptors (Lipinski definition) is 2. The number of hydrogen-bond donors (Lipinski definition) is 1. The van der Waals surface area contributed by atoms with Gasteiger partial charge >= 0.3 is 0 Å². The fourth-order valence-corrected chi connectivity index (χ4v) is 0.984. The molecule has 0 aromatic heterocycles. The van der Waals surface area contributed by atoms with E-state index in [9.17, 15) is 13.6 Å². The number of benzene rings is 1. The molecule has 1 aromatic rings. The molecule has 2 nitrogen and oxygen atoms in total. The van der Waals surface area contributed by atoms with Crippen LogP contribution in [0.15, 0.2) is 12.1 Å². The van der Waals surface area contributed by atoms with Crippen LogP contribution in [0, 0.1) is 11.6 Å². The summed E-state index contributed by atoms with van der Waals surface area (Å²) in [7, 11) is 0. The number of halogens is 2. The van der Waals surface area contributed by atoms with Crippen molar-refractivity contribution in [2.75, 3.05) is 0 Å². The standard InChI is InChI=1S/C9H8F2O2/c10-7-5-9(13)8(11)4-6(7)2-1-3-12/h3-5,13H,1-2H2. The van der Waals surface area contributed by atoms with Crippen LogP contribution in [-0.4, -0.2) is 11.4 Å². The van der Waals surface area contributed by atoms with Crippen molar-refractivity contribution < 1.29 is 18.7 Å². The van der Waals surface area contributed by atoms with Gasteiger partial charge in [0.2, 0.25) is 0 Å². The Kier molecular flexibility index (Phi) is 2.95. The largest absolute Gasteiger partial charge is 0.505 e. The highest BCUT2D eigenvalue weighted by atomic mass is 19.1. The van der Waals surface area contributed by atoms with Crippen LogP contribution in [0.3, 0.4) is 0 Å².